The number of nitrogens with zero attached hydrogens (tertiary/aromatic N) is 1. The van der Waals surface area contributed by atoms with E-state index in [1.165, 1.54) is 0 Å². The summed E-state index contributed by atoms with van der Waals surface area (Å²) in [5.41, 5.74) is 1.51. The number of ether oxygens (including phenoxy) is 2. The number of aliphatic hydroxyl groups excluding tert-OH is 1. The molecule has 0 aliphatic carbocycles. The molecule has 0 bridgehead atoms. The fourth-order valence-electron chi connectivity index (χ4n) is 1.70. The lowest BCUT2D eigenvalue weighted by Gasteiger charge is -2.11. The van der Waals surface area contributed by atoms with Crippen molar-refractivity contribution < 1.29 is 14.6 Å². The normalized spacial score (nSPS) is 10.2. The highest BCUT2D eigenvalue weighted by Crippen LogP contribution is 2.19. The van der Waals surface area contributed by atoms with Crippen molar-refractivity contribution in [3.05, 3.63) is 53.9 Å². The minimum absolute atomic E-state index is 0.0798. The summed E-state index contributed by atoms with van der Waals surface area (Å²) >= 11 is 0. The molecule has 2 aromatic rings. The predicted molar refractivity (Wildman–Crippen MR) is 72.3 cm³/mol. The molecule has 4 nitrogen and oxygen atoms in total. The Morgan fingerprint density at radius 1 is 1.05 bits per heavy atom. The number of para-hydroxylation sites is 1. The van der Waals surface area contributed by atoms with E-state index in [1.54, 1.807) is 12.3 Å². The quantitative estimate of drug-likeness (QED) is 0.809. The molecule has 0 radical (unpaired) electrons. The Bertz CT molecular complexity index is 514. The molecule has 1 aromatic carbocycles. The summed E-state index contributed by atoms with van der Waals surface area (Å²) in [4.78, 5) is 4.07. The number of pyridine rings is 1. The molecule has 0 saturated heterocycles. The van der Waals surface area contributed by atoms with Crippen molar-refractivity contribution in [3.63, 3.8) is 0 Å². The van der Waals surface area contributed by atoms with Crippen LogP contribution < -0.4 is 9.47 Å². The Hall–Kier alpha value is -2.07. The van der Waals surface area contributed by atoms with Gasteiger partial charge in [-0.2, -0.15) is 0 Å². The van der Waals surface area contributed by atoms with Crippen molar-refractivity contribution in [2.75, 3.05) is 13.2 Å². The lowest BCUT2D eigenvalue weighted by Crippen LogP contribution is -2.10. The van der Waals surface area contributed by atoms with Gasteiger partial charge in [-0.25, -0.2) is 0 Å². The van der Waals surface area contributed by atoms with E-state index >= 15 is 0 Å². The van der Waals surface area contributed by atoms with E-state index in [2.05, 4.69) is 4.98 Å². The Morgan fingerprint density at radius 2 is 1.79 bits per heavy atom. The molecule has 100 valence electrons. The highest BCUT2D eigenvalue weighted by atomic mass is 16.5. The smallest absolute Gasteiger partial charge is 0.125 e. The second-order valence-corrected chi connectivity index (χ2v) is 4.05. The van der Waals surface area contributed by atoms with Crippen molar-refractivity contribution in [2.45, 2.75) is 13.5 Å². The first-order valence-corrected chi connectivity index (χ1v) is 6.17. The zero-order valence-corrected chi connectivity index (χ0v) is 10.9. The Kier molecular flexibility index (Phi) is 4.75. The van der Waals surface area contributed by atoms with Gasteiger partial charge in [-0.15, -0.1) is 0 Å². The van der Waals surface area contributed by atoms with Crippen LogP contribution in [0.25, 0.3) is 0 Å². The molecule has 4 heteroatoms. The zero-order chi connectivity index (χ0) is 13.5. The molecule has 1 N–H and O–H groups in total. The van der Waals surface area contributed by atoms with Gasteiger partial charge in [0.15, 0.2) is 0 Å². The van der Waals surface area contributed by atoms with Crippen molar-refractivity contribution >= 4 is 0 Å². The maximum Gasteiger partial charge on any atom is 0.125 e. The first-order chi connectivity index (χ1) is 9.31. The first-order valence-electron chi connectivity index (χ1n) is 6.17. The molecular weight excluding hydrogens is 242 g/mol. The monoisotopic (exact) mass is 259 g/mol. The summed E-state index contributed by atoms with van der Waals surface area (Å²) in [6.07, 6.45) is 1.63. The number of aromatic nitrogens is 1. The average Bonchev–Trinajstić information content (AvgIpc) is 2.46. The largest absolute Gasteiger partial charge is 0.490 e. The van der Waals surface area contributed by atoms with Gasteiger partial charge in [0, 0.05) is 11.8 Å². The van der Waals surface area contributed by atoms with Crippen LogP contribution in [0.5, 0.6) is 11.5 Å². The lowest BCUT2D eigenvalue weighted by molar-refractivity contribution is 0.215. The second kappa shape index (κ2) is 6.75. The number of hydrogen-bond acceptors (Lipinski definition) is 4. The Balaban J connectivity index is 1.83. The molecule has 0 unspecified atom stereocenters. The highest BCUT2D eigenvalue weighted by Gasteiger charge is 2.05. The summed E-state index contributed by atoms with van der Waals surface area (Å²) in [6, 6.07) is 11.4. The molecule has 0 spiro atoms. The first kappa shape index (κ1) is 13.4. The van der Waals surface area contributed by atoms with Gasteiger partial charge >= 0.3 is 0 Å². The van der Waals surface area contributed by atoms with E-state index in [0.29, 0.717) is 18.9 Å². The molecule has 2 rings (SSSR count). The maximum absolute atomic E-state index is 9.12. The van der Waals surface area contributed by atoms with E-state index in [9.17, 15) is 0 Å². The molecule has 0 fully saturated rings. The van der Waals surface area contributed by atoms with Crippen molar-refractivity contribution in [2.24, 2.45) is 0 Å². The van der Waals surface area contributed by atoms with E-state index in [0.717, 1.165) is 17.1 Å². The van der Waals surface area contributed by atoms with Crippen LogP contribution in [0, 0.1) is 6.92 Å². The molecule has 0 amide bonds. The van der Waals surface area contributed by atoms with E-state index in [1.807, 2.05) is 37.3 Å². The van der Waals surface area contributed by atoms with Crippen LogP contribution in [0.3, 0.4) is 0 Å². The molecule has 19 heavy (non-hydrogen) atoms. The SMILES string of the molecule is Cc1c(OCCOc2ccccc2)ccnc1CO. The predicted octanol–water partition coefficient (Wildman–Crippen LogP) is 2.34. The number of rotatable bonds is 6. The van der Waals surface area contributed by atoms with Gasteiger partial charge in [0.05, 0.1) is 12.3 Å². The third-order valence-electron chi connectivity index (χ3n) is 2.76. The molecule has 0 saturated carbocycles. The molecule has 0 atom stereocenters. The van der Waals surface area contributed by atoms with Gasteiger partial charge in [0.2, 0.25) is 0 Å². The molecule has 1 heterocycles. The Morgan fingerprint density at radius 3 is 2.53 bits per heavy atom. The van der Waals surface area contributed by atoms with Gasteiger partial charge in [-0.3, -0.25) is 4.98 Å². The molecular formula is C15H17NO3. The topological polar surface area (TPSA) is 51.6 Å². The van der Waals surface area contributed by atoms with Crippen LogP contribution in [0.2, 0.25) is 0 Å². The van der Waals surface area contributed by atoms with Crippen molar-refractivity contribution in [1.29, 1.82) is 0 Å². The minimum atomic E-state index is -0.0798. The van der Waals surface area contributed by atoms with Crippen LogP contribution in [-0.4, -0.2) is 23.3 Å². The van der Waals surface area contributed by atoms with Crippen LogP contribution in [0.4, 0.5) is 0 Å². The maximum atomic E-state index is 9.12. The number of aliphatic hydroxyl groups is 1. The van der Waals surface area contributed by atoms with Crippen LogP contribution in [0.15, 0.2) is 42.6 Å². The lowest BCUT2D eigenvalue weighted by atomic mass is 10.2. The standard InChI is InChI=1S/C15H17NO3/c1-12-14(11-17)16-8-7-15(12)19-10-9-18-13-5-3-2-4-6-13/h2-8,17H,9-11H2,1H3. The van der Waals surface area contributed by atoms with Crippen molar-refractivity contribution in [1.82, 2.24) is 4.98 Å². The van der Waals surface area contributed by atoms with Crippen LogP contribution in [-0.2, 0) is 6.61 Å². The fourth-order valence-corrected chi connectivity index (χ4v) is 1.70. The van der Waals surface area contributed by atoms with Gasteiger partial charge in [0.1, 0.15) is 24.7 Å². The van der Waals surface area contributed by atoms with Crippen LogP contribution >= 0.6 is 0 Å². The van der Waals surface area contributed by atoms with E-state index in [-0.39, 0.29) is 6.61 Å². The minimum Gasteiger partial charge on any atom is -0.490 e. The fraction of sp³-hybridized carbons (Fsp3) is 0.267. The third kappa shape index (κ3) is 3.69. The average molecular weight is 259 g/mol. The molecule has 0 aliphatic heterocycles. The summed E-state index contributed by atoms with van der Waals surface area (Å²) in [5.74, 6) is 1.56. The number of benzene rings is 1. The van der Waals surface area contributed by atoms with Gasteiger partial charge in [0.25, 0.3) is 0 Å². The van der Waals surface area contributed by atoms with E-state index < -0.39 is 0 Å². The second-order valence-electron chi connectivity index (χ2n) is 4.05. The highest BCUT2D eigenvalue weighted by molar-refractivity contribution is 5.34. The summed E-state index contributed by atoms with van der Waals surface area (Å²) in [7, 11) is 0. The van der Waals surface area contributed by atoms with Crippen LogP contribution in [0.1, 0.15) is 11.3 Å². The van der Waals surface area contributed by atoms with Gasteiger partial charge < -0.3 is 14.6 Å². The van der Waals surface area contributed by atoms with E-state index in [4.69, 9.17) is 14.6 Å². The third-order valence-corrected chi connectivity index (χ3v) is 2.76. The van der Waals surface area contributed by atoms with Gasteiger partial charge in [-0.1, -0.05) is 18.2 Å². The van der Waals surface area contributed by atoms with Crippen molar-refractivity contribution in [3.8, 4) is 11.5 Å². The summed E-state index contributed by atoms with van der Waals surface area (Å²) in [5, 5.41) is 9.12. The molecule has 0 aliphatic rings. The summed E-state index contributed by atoms with van der Waals surface area (Å²) in [6.45, 7) is 2.72. The zero-order valence-electron chi connectivity index (χ0n) is 10.9. The molecule has 1 aromatic heterocycles. The Labute approximate surface area is 112 Å². The number of hydrogen-bond donors (Lipinski definition) is 1. The summed E-state index contributed by atoms with van der Waals surface area (Å²) < 4.78 is 11.2. The van der Waals surface area contributed by atoms with Gasteiger partial charge in [-0.05, 0) is 25.1 Å².